The molecule has 0 unspecified atom stereocenters. The molecule has 2 aromatic heterocycles. The van der Waals surface area contributed by atoms with Crippen molar-refractivity contribution in [1.29, 1.82) is 0 Å². The van der Waals surface area contributed by atoms with Crippen LogP contribution in [-0.2, 0) is 21.8 Å². The predicted octanol–water partition coefficient (Wildman–Crippen LogP) is 3.68. The zero-order valence-corrected chi connectivity index (χ0v) is 19.2. The maximum atomic E-state index is 11.4. The summed E-state index contributed by atoms with van der Waals surface area (Å²) in [7, 11) is 0. The second-order valence-corrected chi connectivity index (χ2v) is 8.49. The zero-order valence-electron chi connectivity index (χ0n) is 17.7. The van der Waals surface area contributed by atoms with Gasteiger partial charge in [0.05, 0.1) is 17.3 Å². The van der Waals surface area contributed by atoms with Crippen LogP contribution in [0.1, 0.15) is 5.56 Å². The highest BCUT2D eigenvalue weighted by Crippen LogP contribution is 2.40. The molecule has 2 atom stereocenters. The number of nitrogens with one attached hydrogen (secondary N) is 1. The number of hydrogen-bond acceptors (Lipinski definition) is 7. The summed E-state index contributed by atoms with van der Waals surface area (Å²) in [6.45, 7) is 0.809. The van der Waals surface area contributed by atoms with Crippen molar-refractivity contribution >= 4 is 23.2 Å². The number of halogens is 2. The molecule has 11 heteroatoms. The van der Waals surface area contributed by atoms with Gasteiger partial charge >= 0.3 is 5.69 Å². The van der Waals surface area contributed by atoms with Crippen LogP contribution in [0.2, 0.25) is 10.0 Å². The highest BCUT2D eigenvalue weighted by molar-refractivity contribution is 6.35. The van der Waals surface area contributed by atoms with Crippen LogP contribution in [0.3, 0.4) is 0 Å². The molecule has 1 aliphatic rings. The Balaban J connectivity index is 1.29. The molecule has 0 saturated carbocycles. The molecule has 0 amide bonds. The SMILES string of the molecule is O=c1nccc(-c2ccc(OC[C@H]3CO[C@@](Cn4cncn4)(c4ccc(Cl)cc4Cl)O3)cc2)[nH]1. The minimum atomic E-state index is -1.17. The maximum Gasteiger partial charge on any atom is 0.345 e. The molecule has 9 nitrogen and oxygen atoms in total. The summed E-state index contributed by atoms with van der Waals surface area (Å²) in [6, 6.07) is 14.3. The molecular weight excluding hydrogens is 481 g/mol. The van der Waals surface area contributed by atoms with Gasteiger partial charge in [-0.05, 0) is 48.0 Å². The number of hydrogen-bond donors (Lipinski definition) is 1. The van der Waals surface area contributed by atoms with Gasteiger partial charge in [-0.1, -0.05) is 29.3 Å². The molecule has 174 valence electrons. The molecule has 0 bridgehead atoms. The monoisotopic (exact) mass is 499 g/mol. The molecule has 4 aromatic rings. The van der Waals surface area contributed by atoms with Crippen LogP contribution in [0.5, 0.6) is 5.75 Å². The van der Waals surface area contributed by atoms with Crippen LogP contribution in [-0.4, -0.2) is 44.1 Å². The first-order valence-corrected chi connectivity index (χ1v) is 11.1. The molecule has 1 N–H and O–H groups in total. The van der Waals surface area contributed by atoms with E-state index in [2.05, 4.69) is 20.1 Å². The summed E-state index contributed by atoms with van der Waals surface area (Å²) >= 11 is 12.6. The van der Waals surface area contributed by atoms with Crippen LogP contribution >= 0.6 is 23.2 Å². The standard InChI is InChI=1S/C23H19Cl2N5O4/c24-16-3-6-19(20(25)9-16)23(12-30-14-26-13-28-30)33-11-18(34-23)10-32-17-4-1-15(2-5-17)21-7-8-27-22(31)29-21/h1-9,13-14,18H,10-12H2,(H,27,29,31)/t18-,23+/m0/s1. The quantitative estimate of drug-likeness (QED) is 0.413. The van der Waals surface area contributed by atoms with E-state index in [1.807, 2.05) is 24.3 Å². The number of aromatic nitrogens is 5. The van der Waals surface area contributed by atoms with Gasteiger partial charge in [0.25, 0.3) is 0 Å². The van der Waals surface area contributed by atoms with Gasteiger partial charge in [0.15, 0.2) is 0 Å². The van der Waals surface area contributed by atoms with E-state index in [0.717, 1.165) is 5.56 Å². The number of nitrogens with zero attached hydrogens (tertiary/aromatic N) is 4. The lowest BCUT2D eigenvalue weighted by Gasteiger charge is -2.29. The second-order valence-electron chi connectivity index (χ2n) is 7.65. The maximum absolute atomic E-state index is 11.4. The fourth-order valence-corrected chi connectivity index (χ4v) is 4.29. The zero-order chi connectivity index (χ0) is 23.5. The Morgan fingerprint density at radius 3 is 2.76 bits per heavy atom. The van der Waals surface area contributed by atoms with E-state index >= 15 is 0 Å². The van der Waals surface area contributed by atoms with Crippen molar-refractivity contribution in [2.24, 2.45) is 0 Å². The highest BCUT2D eigenvalue weighted by atomic mass is 35.5. The lowest BCUT2D eigenvalue weighted by molar-refractivity contribution is -0.190. The number of aromatic amines is 1. The van der Waals surface area contributed by atoms with Gasteiger partial charge in [-0.15, -0.1) is 0 Å². The van der Waals surface area contributed by atoms with Crippen LogP contribution in [0.15, 0.2) is 72.2 Å². The second kappa shape index (κ2) is 9.55. The Morgan fingerprint density at radius 2 is 2.03 bits per heavy atom. The Labute approximate surface area is 204 Å². The van der Waals surface area contributed by atoms with Gasteiger partial charge in [0, 0.05) is 16.8 Å². The first-order chi connectivity index (χ1) is 16.5. The molecule has 2 aromatic carbocycles. The molecule has 0 radical (unpaired) electrons. The minimum Gasteiger partial charge on any atom is -0.491 e. The summed E-state index contributed by atoms with van der Waals surface area (Å²) in [6.07, 6.45) is 4.14. The van der Waals surface area contributed by atoms with Crippen molar-refractivity contribution < 1.29 is 14.2 Å². The number of benzene rings is 2. The first-order valence-electron chi connectivity index (χ1n) is 10.4. The average Bonchev–Trinajstić information content (AvgIpc) is 3.49. The number of ether oxygens (including phenoxy) is 3. The Kier molecular flexibility index (Phi) is 6.34. The van der Waals surface area contributed by atoms with Crippen molar-refractivity contribution in [3.63, 3.8) is 0 Å². The van der Waals surface area contributed by atoms with Gasteiger partial charge < -0.3 is 19.2 Å². The summed E-state index contributed by atoms with van der Waals surface area (Å²) < 4.78 is 20.1. The van der Waals surface area contributed by atoms with Gasteiger partial charge in [-0.3, -0.25) is 0 Å². The smallest absolute Gasteiger partial charge is 0.345 e. The van der Waals surface area contributed by atoms with Crippen LogP contribution in [0.4, 0.5) is 0 Å². The van der Waals surface area contributed by atoms with Gasteiger partial charge in [-0.2, -0.15) is 5.10 Å². The van der Waals surface area contributed by atoms with Crippen molar-refractivity contribution in [2.75, 3.05) is 13.2 Å². The average molecular weight is 500 g/mol. The molecule has 5 rings (SSSR count). The normalized spacial score (nSPS) is 19.9. The summed E-state index contributed by atoms with van der Waals surface area (Å²) in [4.78, 5) is 21.8. The topological polar surface area (TPSA) is 104 Å². The predicted molar refractivity (Wildman–Crippen MR) is 125 cm³/mol. The summed E-state index contributed by atoms with van der Waals surface area (Å²) in [5.41, 5.74) is 1.77. The van der Waals surface area contributed by atoms with Crippen molar-refractivity contribution in [2.45, 2.75) is 18.4 Å². The first kappa shape index (κ1) is 22.5. The van der Waals surface area contributed by atoms with E-state index in [9.17, 15) is 4.79 Å². The number of rotatable bonds is 7. The fourth-order valence-electron chi connectivity index (χ4n) is 3.74. The van der Waals surface area contributed by atoms with Crippen LogP contribution < -0.4 is 10.4 Å². The van der Waals surface area contributed by atoms with Crippen molar-refractivity contribution in [3.8, 4) is 17.0 Å². The van der Waals surface area contributed by atoms with Gasteiger partial charge in [0.2, 0.25) is 5.79 Å². The Hall–Kier alpha value is -3.24. The molecule has 3 heterocycles. The molecule has 1 fully saturated rings. The van der Waals surface area contributed by atoms with Crippen molar-refractivity contribution in [3.05, 3.63) is 93.5 Å². The van der Waals surface area contributed by atoms with Crippen LogP contribution in [0.25, 0.3) is 11.3 Å². The lowest BCUT2D eigenvalue weighted by atomic mass is 10.1. The third-order valence-electron chi connectivity index (χ3n) is 5.31. The molecule has 0 aliphatic carbocycles. The molecular formula is C23H19Cl2N5O4. The Morgan fingerprint density at radius 1 is 1.18 bits per heavy atom. The molecule has 34 heavy (non-hydrogen) atoms. The van der Waals surface area contributed by atoms with E-state index < -0.39 is 11.5 Å². The van der Waals surface area contributed by atoms with E-state index in [-0.39, 0.29) is 19.3 Å². The molecule has 1 saturated heterocycles. The van der Waals surface area contributed by atoms with Crippen LogP contribution in [0, 0.1) is 0 Å². The highest BCUT2D eigenvalue weighted by Gasteiger charge is 2.45. The third-order valence-corrected chi connectivity index (χ3v) is 5.86. The van der Waals surface area contributed by atoms with E-state index in [0.29, 0.717) is 33.7 Å². The van der Waals surface area contributed by atoms with Crippen molar-refractivity contribution in [1.82, 2.24) is 24.7 Å². The molecule has 1 aliphatic heterocycles. The van der Waals surface area contributed by atoms with Gasteiger partial charge in [-0.25, -0.2) is 19.4 Å². The van der Waals surface area contributed by atoms with E-state index in [1.54, 1.807) is 35.3 Å². The van der Waals surface area contributed by atoms with E-state index in [1.165, 1.54) is 12.5 Å². The third kappa shape index (κ3) is 4.83. The fraction of sp³-hybridized carbons (Fsp3) is 0.217. The van der Waals surface area contributed by atoms with Gasteiger partial charge in [0.1, 0.15) is 37.7 Å². The molecule has 0 spiro atoms. The largest absolute Gasteiger partial charge is 0.491 e. The summed E-state index contributed by atoms with van der Waals surface area (Å²) in [5, 5.41) is 5.12. The Bertz CT molecular complexity index is 1330. The summed E-state index contributed by atoms with van der Waals surface area (Å²) in [5.74, 6) is -0.512. The lowest BCUT2D eigenvalue weighted by Crippen LogP contribution is -2.35. The van der Waals surface area contributed by atoms with E-state index in [4.69, 9.17) is 37.4 Å². The minimum absolute atomic E-state index is 0.254. The number of H-pyrrole nitrogens is 1.